The first-order chi connectivity index (χ1) is 6.65. The largest absolute Gasteiger partial charge is 0.466 e. The summed E-state index contributed by atoms with van der Waals surface area (Å²) in [7, 11) is 1.32. The molecular formula is C8H10N2O3S. The second-order valence-electron chi connectivity index (χ2n) is 3.12. The van der Waals surface area contributed by atoms with Gasteiger partial charge in [-0.05, 0) is 0 Å². The minimum atomic E-state index is -0.421. The first-order valence-corrected chi connectivity index (χ1v) is 5.18. The van der Waals surface area contributed by atoms with Crippen LogP contribution in [0.5, 0.6) is 0 Å². The molecule has 2 aliphatic heterocycles. The molecule has 5 nitrogen and oxygen atoms in total. The maximum Gasteiger partial charge on any atom is 0.336 e. The lowest BCUT2D eigenvalue weighted by atomic mass is 10.1. The molecule has 2 N–H and O–H groups in total. The van der Waals surface area contributed by atoms with Gasteiger partial charge in [-0.3, -0.25) is 4.79 Å². The summed E-state index contributed by atoms with van der Waals surface area (Å²) in [6, 6.07) is -0.421. The average Bonchev–Trinajstić information content (AvgIpc) is 2.26. The number of nitrogens with two attached hydrogens (primary N) is 1. The van der Waals surface area contributed by atoms with E-state index in [0.29, 0.717) is 11.3 Å². The fourth-order valence-electron chi connectivity index (χ4n) is 1.45. The number of esters is 1. The lowest BCUT2D eigenvalue weighted by molar-refractivity contribution is -0.140. The number of rotatable bonds is 1. The van der Waals surface area contributed by atoms with Crippen LogP contribution in [0.15, 0.2) is 11.8 Å². The number of β-lactam (4-membered cyclic amide) rings is 1. The van der Waals surface area contributed by atoms with E-state index < -0.39 is 6.04 Å². The van der Waals surface area contributed by atoms with Crippen LogP contribution in [0.4, 0.5) is 0 Å². The van der Waals surface area contributed by atoms with Crippen molar-refractivity contribution in [3.63, 3.8) is 0 Å². The molecule has 1 fully saturated rings. The molecule has 1 saturated heterocycles. The van der Waals surface area contributed by atoms with Crippen molar-refractivity contribution >= 4 is 23.6 Å². The van der Waals surface area contributed by atoms with Gasteiger partial charge in [0.05, 0.1) is 12.7 Å². The lowest BCUT2D eigenvalue weighted by Crippen LogP contribution is -2.66. The van der Waals surface area contributed by atoms with Gasteiger partial charge in [-0.2, -0.15) is 0 Å². The molecule has 1 amide bonds. The minimum Gasteiger partial charge on any atom is -0.466 e. The Morgan fingerprint density at radius 2 is 2.50 bits per heavy atom. The molecule has 0 aromatic rings. The molecule has 0 radical (unpaired) electrons. The second kappa shape index (κ2) is 3.29. The Bertz CT molecular complexity index is 329. The van der Waals surface area contributed by atoms with E-state index in [0.717, 1.165) is 0 Å². The molecule has 0 spiro atoms. The number of amides is 1. The molecular weight excluding hydrogens is 204 g/mol. The molecule has 2 aliphatic rings. The van der Waals surface area contributed by atoms with Crippen molar-refractivity contribution in [2.24, 2.45) is 5.73 Å². The zero-order valence-corrected chi connectivity index (χ0v) is 8.41. The van der Waals surface area contributed by atoms with Crippen molar-refractivity contribution in [3.05, 3.63) is 11.8 Å². The van der Waals surface area contributed by atoms with E-state index in [9.17, 15) is 9.59 Å². The van der Waals surface area contributed by atoms with E-state index >= 15 is 0 Å². The molecule has 76 valence electrons. The van der Waals surface area contributed by atoms with Gasteiger partial charge >= 0.3 is 5.97 Å². The molecule has 1 unspecified atom stereocenters. The van der Waals surface area contributed by atoms with E-state index in [1.807, 2.05) is 0 Å². The van der Waals surface area contributed by atoms with Crippen LogP contribution < -0.4 is 5.73 Å². The van der Waals surface area contributed by atoms with Crippen LogP contribution in [0.25, 0.3) is 0 Å². The monoisotopic (exact) mass is 214 g/mol. The van der Waals surface area contributed by atoms with Crippen LogP contribution in [0.1, 0.15) is 0 Å². The number of ether oxygens (including phenoxy) is 1. The van der Waals surface area contributed by atoms with Gasteiger partial charge in [-0.25, -0.2) is 4.79 Å². The van der Waals surface area contributed by atoms with Gasteiger partial charge in [0, 0.05) is 12.0 Å². The van der Waals surface area contributed by atoms with E-state index in [1.54, 1.807) is 6.20 Å². The fourth-order valence-corrected chi connectivity index (χ4v) is 2.65. The van der Waals surface area contributed by atoms with Crippen molar-refractivity contribution < 1.29 is 14.3 Å². The maximum absolute atomic E-state index is 11.2. The first kappa shape index (κ1) is 9.54. The molecule has 2 heterocycles. The Balaban J connectivity index is 2.15. The number of thioether (sulfide) groups is 1. The van der Waals surface area contributed by atoms with E-state index in [4.69, 9.17) is 5.73 Å². The Labute approximate surface area is 85.3 Å². The Kier molecular flexibility index (Phi) is 2.24. The summed E-state index contributed by atoms with van der Waals surface area (Å²) in [5.41, 5.74) is 6.08. The molecule has 0 aliphatic carbocycles. The van der Waals surface area contributed by atoms with Gasteiger partial charge < -0.3 is 15.4 Å². The third-order valence-electron chi connectivity index (χ3n) is 2.27. The maximum atomic E-state index is 11.2. The Morgan fingerprint density at radius 3 is 3.14 bits per heavy atom. The zero-order chi connectivity index (χ0) is 10.3. The smallest absolute Gasteiger partial charge is 0.336 e. The van der Waals surface area contributed by atoms with Gasteiger partial charge in [0.2, 0.25) is 5.91 Å². The van der Waals surface area contributed by atoms with Crippen molar-refractivity contribution in [1.82, 2.24) is 4.90 Å². The highest BCUT2D eigenvalue weighted by atomic mass is 32.2. The summed E-state index contributed by atoms with van der Waals surface area (Å²) >= 11 is 1.49. The van der Waals surface area contributed by atoms with Crippen LogP contribution in [0, 0.1) is 0 Å². The second-order valence-corrected chi connectivity index (χ2v) is 4.22. The summed E-state index contributed by atoms with van der Waals surface area (Å²) in [5.74, 6) is 0.0299. The average molecular weight is 214 g/mol. The highest BCUT2D eigenvalue weighted by molar-refractivity contribution is 8.00. The molecule has 2 atom stereocenters. The van der Waals surface area contributed by atoms with Crippen LogP contribution in [0.3, 0.4) is 0 Å². The van der Waals surface area contributed by atoms with Crippen LogP contribution >= 0.6 is 11.8 Å². The summed E-state index contributed by atoms with van der Waals surface area (Å²) in [6.07, 6.45) is 1.54. The molecule has 0 aromatic heterocycles. The van der Waals surface area contributed by atoms with Crippen molar-refractivity contribution in [2.75, 3.05) is 12.9 Å². The summed E-state index contributed by atoms with van der Waals surface area (Å²) in [5, 5.41) is -0.00379. The van der Waals surface area contributed by atoms with Gasteiger partial charge in [0.25, 0.3) is 0 Å². The standard InChI is InChI=1S/C8H10N2O3S/c1-13-8(12)4-2-10-6(11)5(9)7(10)14-3-4/h2,5,7H,3,9H2,1H3/t5?,7-/m1/s1. The van der Waals surface area contributed by atoms with E-state index in [2.05, 4.69) is 4.74 Å². The zero-order valence-electron chi connectivity index (χ0n) is 7.60. The minimum absolute atomic E-state index is 0.00379. The molecule has 0 saturated carbocycles. The Hall–Kier alpha value is -1.01. The third-order valence-corrected chi connectivity index (χ3v) is 3.61. The van der Waals surface area contributed by atoms with Gasteiger partial charge in [0.15, 0.2) is 0 Å². The topological polar surface area (TPSA) is 72.6 Å². The predicted molar refractivity (Wildman–Crippen MR) is 51.2 cm³/mol. The van der Waals surface area contributed by atoms with Crippen LogP contribution in [0.2, 0.25) is 0 Å². The SMILES string of the molecule is COC(=O)C1=CN2C(=O)C(N)[C@H]2SC1. The van der Waals surface area contributed by atoms with E-state index in [1.165, 1.54) is 23.8 Å². The summed E-state index contributed by atoms with van der Waals surface area (Å²) < 4.78 is 4.57. The Morgan fingerprint density at radius 1 is 1.79 bits per heavy atom. The third kappa shape index (κ3) is 1.22. The number of nitrogens with zero attached hydrogens (tertiary/aromatic N) is 1. The fraction of sp³-hybridized carbons (Fsp3) is 0.500. The summed E-state index contributed by atoms with van der Waals surface area (Å²) in [6.45, 7) is 0. The van der Waals surface area contributed by atoms with Gasteiger partial charge in [-0.1, -0.05) is 0 Å². The highest BCUT2D eigenvalue weighted by Gasteiger charge is 2.46. The van der Waals surface area contributed by atoms with Gasteiger partial charge in [-0.15, -0.1) is 11.8 Å². The van der Waals surface area contributed by atoms with Gasteiger partial charge in [0.1, 0.15) is 11.4 Å². The normalized spacial score (nSPS) is 30.3. The quantitative estimate of drug-likeness (QED) is 0.461. The molecule has 0 bridgehead atoms. The van der Waals surface area contributed by atoms with Crippen molar-refractivity contribution in [2.45, 2.75) is 11.4 Å². The molecule has 2 rings (SSSR count). The predicted octanol–water partition coefficient (Wildman–Crippen LogP) is -0.714. The summed E-state index contributed by atoms with van der Waals surface area (Å²) in [4.78, 5) is 23.9. The molecule has 14 heavy (non-hydrogen) atoms. The number of carbonyl (C=O) groups excluding carboxylic acids is 2. The van der Waals surface area contributed by atoms with Crippen LogP contribution in [-0.4, -0.2) is 41.1 Å². The number of hydrogen-bond acceptors (Lipinski definition) is 5. The van der Waals surface area contributed by atoms with Crippen molar-refractivity contribution in [3.8, 4) is 0 Å². The number of fused-ring (bicyclic) bond motifs is 1. The first-order valence-electron chi connectivity index (χ1n) is 4.13. The molecule has 0 aromatic carbocycles. The lowest BCUT2D eigenvalue weighted by Gasteiger charge is -2.45. The molecule has 6 heteroatoms. The van der Waals surface area contributed by atoms with E-state index in [-0.39, 0.29) is 17.3 Å². The van der Waals surface area contributed by atoms with Crippen molar-refractivity contribution in [1.29, 1.82) is 0 Å². The number of carbonyl (C=O) groups is 2. The number of methoxy groups -OCH3 is 1. The highest BCUT2D eigenvalue weighted by Crippen LogP contribution is 2.34. The van der Waals surface area contributed by atoms with Crippen LogP contribution in [-0.2, 0) is 14.3 Å². The number of hydrogen-bond donors (Lipinski definition) is 1.